The molecule has 1 fully saturated rings. The Morgan fingerprint density at radius 3 is 2.03 bits per heavy atom. The summed E-state index contributed by atoms with van der Waals surface area (Å²) in [6.45, 7) is 2.71. The number of nitrogens with zero attached hydrogens (tertiary/aromatic N) is 2. The van der Waals surface area contributed by atoms with Crippen LogP contribution in [0.2, 0.25) is 0 Å². The molecule has 1 amide bonds. The minimum absolute atomic E-state index is 0.193. The van der Waals surface area contributed by atoms with Gasteiger partial charge in [-0.05, 0) is 47.7 Å². The fraction of sp³-hybridized carbons (Fsp3) is 0.269. The fourth-order valence-corrected chi connectivity index (χ4v) is 5.36. The van der Waals surface area contributed by atoms with E-state index < -0.39 is 0 Å². The van der Waals surface area contributed by atoms with E-state index in [-0.39, 0.29) is 11.9 Å². The van der Waals surface area contributed by atoms with Crippen LogP contribution in [0.5, 0.6) is 0 Å². The van der Waals surface area contributed by atoms with Crippen LogP contribution in [-0.4, -0.2) is 34.8 Å². The summed E-state index contributed by atoms with van der Waals surface area (Å²) in [5.41, 5.74) is 4.67. The topological polar surface area (TPSA) is 23.6 Å². The first kappa shape index (κ1) is 19.5. The van der Waals surface area contributed by atoms with Crippen LogP contribution in [0, 0.1) is 0 Å². The van der Waals surface area contributed by atoms with Gasteiger partial charge in [0.25, 0.3) is 5.91 Å². The standard InChI is InChI=1S/C26H25BrN2O/c27-22-11-12-24-21(17-22)18-29(26(24)30)23-13-15-28(16-14-23)25(19-7-3-1-4-8-19)20-9-5-2-6-10-20/h1-12,17,23,25H,13-16,18H2. The van der Waals surface area contributed by atoms with Crippen LogP contribution in [0.3, 0.4) is 0 Å². The van der Waals surface area contributed by atoms with Gasteiger partial charge in [-0.15, -0.1) is 0 Å². The molecule has 3 aromatic rings. The Balaban J connectivity index is 1.33. The van der Waals surface area contributed by atoms with Crippen molar-refractivity contribution in [1.82, 2.24) is 9.80 Å². The molecule has 5 rings (SSSR count). The van der Waals surface area contributed by atoms with Crippen LogP contribution in [-0.2, 0) is 6.54 Å². The summed E-state index contributed by atoms with van der Waals surface area (Å²) in [6, 6.07) is 28.1. The molecule has 152 valence electrons. The van der Waals surface area contributed by atoms with E-state index in [1.165, 1.54) is 11.1 Å². The summed E-state index contributed by atoms with van der Waals surface area (Å²) < 4.78 is 1.04. The maximum absolute atomic E-state index is 13.0. The lowest BCUT2D eigenvalue weighted by molar-refractivity contribution is 0.0566. The third kappa shape index (κ3) is 3.70. The second kappa shape index (κ2) is 8.37. The van der Waals surface area contributed by atoms with Crippen molar-refractivity contribution < 1.29 is 4.79 Å². The lowest BCUT2D eigenvalue weighted by atomic mass is 9.93. The van der Waals surface area contributed by atoms with Gasteiger partial charge in [0.05, 0.1) is 6.04 Å². The molecular formula is C26H25BrN2O. The van der Waals surface area contributed by atoms with Crippen molar-refractivity contribution in [3.8, 4) is 0 Å². The van der Waals surface area contributed by atoms with Crippen LogP contribution >= 0.6 is 15.9 Å². The molecule has 0 radical (unpaired) electrons. The Kier molecular flexibility index (Phi) is 5.45. The zero-order valence-electron chi connectivity index (χ0n) is 16.9. The van der Waals surface area contributed by atoms with Gasteiger partial charge in [-0.1, -0.05) is 76.6 Å². The van der Waals surface area contributed by atoms with Gasteiger partial charge >= 0.3 is 0 Å². The molecule has 0 unspecified atom stereocenters. The van der Waals surface area contributed by atoms with Crippen molar-refractivity contribution in [2.24, 2.45) is 0 Å². The molecule has 0 aromatic heterocycles. The van der Waals surface area contributed by atoms with E-state index in [1.54, 1.807) is 0 Å². The summed E-state index contributed by atoms with van der Waals surface area (Å²) >= 11 is 3.53. The van der Waals surface area contributed by atoms with E-state index in [0.717, 1.165) is 48.1 Å². The Morgan fingerprint density at radius 1 is 0.833 bits per heavy atom. The molecule has 3 aromatic carbocycles. The molecule has 2 aliphatic rings. The van der Waals surface area contributed by atoms with Gasteiger partial charge in [0, 0.05) is 35.7 Å². The average molecular weight is 461 g/mol. The van der Waals surface area contributed by atoms with Gasteiger partial charge in [0.2, 0.25) is 0 Å². The van der Waals surface area contributed by atoms with Crippen molar-refractivity contribution in [3.63, 3.8) is 0 Å². The number of halogens is 1. The fourth-order valence-electron chi connectivity index (χ4n) is 4.95. The maximum Gasteiger partial charge on any atom is 0.254 e. The van der Waals surface area contributed by atoms with Gasteiger partial charge in [-0.2, -0.15) is 0 Å². The molecule has 2 aliphatic heterocycles. The van der Waals surface area contributed by atoms with Crippen molar-refractivity contribution in [1.29, 1.82) is 0 Å². The number of carbonyl (C=O) groups is 1. The van der Waals surface area contributed by atoms with E-state index in [9.17, 15) is 4.79 Å². The zero-order chi connectivity index (χ0) is 20.5. The summed E-state index contributed by atoms with van der Waals surface area (Å²) in [5.74, 6) is 0.193. The van der Waals surface area contributed by atoms with E-state index in [4.69, 9.17) is 0 Å². The first-order valence-electron chi connectivity index (χ1n) is 10.6. The quantitative estimate of drug-likeness (QED) is 0.501. The molecule has 0 spiro atoms. The van der Waals surface area contributed by atoms with Gasteiger partial charge in [0.15, 0.2) is 0 Å². The SMILES string of the molecule is O=C1c2ccc(Br)cc2CN1C1CCN(C(c2ccccc2)c2ccccc2)CC1. The minimum Gasteiger partial charge on any atom is -0.331 e. The van der Waals surface area contributed by atoms with Crippen molar-refractivity contribution >= 4 is 21.8 Å². The van der Waals surface area contributed by atoms with E-state index in [0.29, 0.717) is 6.04 Å². The summed E-state index contributed by atoms with van der Waals surface area (Å²) in [5, 5.41) is 0. The van der Waals surface area contributed by atoms with Crippen molar-refractivity contribution in [2.45, 2.75) is 31.5 Å². The lowest BCUT2D eigenvalue weighted by Gasteiger charge is -2.40. The molecule has 4 heteroatoms. The predicted molar refractivity (Wildman–Crippen MR) is 123 cm³/mol. The van der Waals surface area contributed by atoms with Crippen LogP contribution in [0.15, 0.2) is 83.3 Å². The third-order valence-electron chi connectivity index (χ3n) is 6.43. The molecular weight excluding hydrogens is 436 g/mol. The second-order valence-corrected chi connectivity index (χ2v) is 9.14. The number of hydrogen-bond donors (Lipinski definition) is 0. The smallest absolute Gasteiger partial charge is 0.254 e. The Labute approximate surface area is 186 Å². The molecule has 3 nitrogen and oxygen atoms in total. The highest BCUT2D eigenvalue weighted by Gasteiger charge is 2.36. The van der Waals surface area contributed by atoms with Gasteiger partial charge < -0.3 is 4.90 Å². The van der Waals surface area contributed by atoms with Crippen LogP contribution in [0.25, 0.3) is 0 Å². The first-order chi connectivity index (χ1) is 14.7. The number of hydrogen-bond acceptors (Lipinski definition) is 2. The minimum atomic E-state index is 0.193. The monoisotopic (exact) mass is 460 g/mol. The average Bonchev–Trinajstić information content (AvgIpc) is 3.11. The number of carbonyl (C=O) groups excluding carboxylic acids is 1. The lowest BCUT2D eigenvalue weighted by Crippen LogP contribution is -2.46. The zero-order valence-corrected chi connectivity index (χ0v) is 18.5. The third-order valence-corrected chi connectivity index (χ3v) is 6.93. The van der Waals surface area contributed by atoms with Gasteiger partial charge in [-0.25, -0.2) is 0 Å². The van der Waals surface area contributed by atoms with Crippen LogP contribution in [0.1, 0.15) is 45.9 Å². The highest BCUT2D eigenvalue weighted by atomic mass is 79.9. The largest absolute Gasteiger partial charge is 0.331 e. The van der Waals surface area contributed by atoms with Crippen LogP contribution in [0.4, 0.5) is 0 Å². The summed E-state index contributed by atoms with van der Waals surface area (Å²) in [7, 11) is 0. The number of likely N-dealkylation sites (tertiary alicyclic amines) is 1. The number of benzene rings is 3. The first-order valence-corrected chi connectivity index (χ1v) is 11.4. The Bertz CT molecular complexity index is 990. The van der Waals surface area contributed by atoms with E-state index in [1.807, 2.05) is 12.1 Å². The van der Waals surface area contributed by atoms with Gasteiger partial charge in [0.1, 0.15) is 0 Å². The molecule has 0 bridgehead atoms. The second-order valence-electron chi connectivity index (χ2n) is 8.23. The molecule has 0 atom stereocenters. The number of piperidine rings is 1. The van der Waals surface area contributed by atoms with Crippen molar-refractivity contribution in [3.05, 3.63) is 106 Å². The number of amides is 1. The molecule has 0 aliphatic carbocycles. The molecule has 2 heterocycles. The van der Waals surface area contributed by atoms with Crippen LogP contribution < -0.4 is 0 Å². The molecule has 0 saturated carbocycles. The molecule has 0 N–H and O–H groups in total. The highest BCUT2D eigenvalue weighted by Crippen LogP contribution is 2.34. The van der Waals surface area contributed by atoms with Crippen molar-refractivity contribution in [2.75, 3.05) is 13.1 Å². The number of rotatable bonds is 4. The van der Waals surface area contributed by atoms with E-state index >= 15 is 0 Å². The Hall–Kier alpha value is -2.43. The normalized spacial score (nSPS) is 17.5. The van der Waals surface area contributed by atoms with Gasteiger partial charge in [-0.3, -0.25) is 9.69 Å². The predicted octanol–water partition coefficient (Wildman–Crippen LogP) is 5.66. The maximum atomic E-state index is 13.0. The number of fused-ring (bicyclic) bond motifs is 1. The van der Waals surface area contributed by atoms with E-state index in [2.05, 4.69) is 92.5 Å². The highest BCUT2D eigenvalue weighted by molar-refractivity contribution is 9.10. The summed E-state index contributed by atoms with van der Waals surface area (Å²) in [4.78, 5) is 17.6. The Morgan fingerprint density at radius 2 is 1.43 bits per heavy atom. The molecule has 1 saturated heterocycles. The molecule has 30 heavy (non-hydrogen) atoms. The summed E-state index contributed by atoms with van der Waals surface area (Å²) in [6.07, 6.45) is 2.02.